The Hall–Kier alpha value is -2.09. The maximum absolute atomic E-state index is 12.9. The zero-order chi connectivity index (χ0) is 20.7. The fourth-order valence-electron chi connectivity index (χ4n) is 3.59. The van der Waals surface area contributed by atoms with Crippen molar-refractivity contribution in [3.8, 4) is 11.5 Å². The Morgan fingerprint density at radius 2 is 2.04 bits per heavy atom. The molecule has 2 rings (SSSR count). The number of phenolic OH excluding ortho intramolecular Hbond substituents is 2. The van der Waals surface area contributed by atoms with Crippen LogP contribution in [0.4, 0.5) is 0 Å². The second kappa shape index (κ2) is 10.5. The van der Waals surface area contributed by atoms with Crippen LogP contribution in [-0.2, 0) is 14.3 Å². The molecule has 1 saturated carbocycles. The molecule has 8 heteroatoms. The number of halogens is 1. The van der Waals surface area contributed by atoms with Gasteiger partial charge < -0.3 is 25.7 Å². The van der Waals surface area contributed by atoms with E-state index in [1.54, 1.807) is 6.92 Å². The lowest BCUT2D eigenvalue weighted by Crippen LogP contribution is -2.38. The molecule has 7 nitrogen and oxygen atoms in total. The zero-order valence-corrected chi connectivity index (χ0v) is 17.5. The molecule has 0 aliphatic heterocycles. The second-order valence-corrected chi connectivity index (χ2v) is 7.98. The first-order valence-electron chi connectivity index (χ1n) is 9.54. The maximum atomic E-state index is 12.9. The predicted molar refractivity (Wildman–Crippen MR) is 108 cm³/mol. The van der Waals surface area contributed by atoms with Gasteiger partial charge in [0.05, 0.1) is 17.1 Å². The number of hydrogen-bond acceptors (Lipinski definition) is 6. The highest BCUT2D eigenvalue weighted by molar-refractivity contribution is 9.10. The molecular formula is C20H27BrN2O5. The summed E-state index contributed by atoms with van der Waals surface area (Å²) >= 11 is 3.14. The maximum Gasteiger partial charge on any atom is 0.317 e. The third-order valence-corrected chi connectivity index (χ3v) is 5.81. The van der Waals surface area contributed by atoms with Crippen LogP contribution in [0.2, 0.25) is 0 Å². The lowest BCUT2D eigenvalue weighted by atomic mass is 9.87. The molecule has 0 saturated heterocycles. The summed E-state index contributed by atoms with van der Waals surface area (Å²) < 4.78 is 5.76. The molecule has 4 N–H and O–H groups in total. The minimum absolute atomic E-state index is 0.122. The predicted octanol–water partition coefficient (Wildman–Crippen LogP) is 3.82. The number of benzene rings is 1. The van der Waals surface area contributed by atoms with Crippen LogP contribution in [0.3, 0.4) is 0 Å². The molecule has 0 heterocycles. The highest BCUT2D eigenvalue weighted by Gasteiger charge is 2.35. The van der Waals surface area contributed by atoms with Crippen LogP contribution in [0.15, 0.2) is 16.6 Å². The number of carbonyl (C=O) groups is 2. The van der Waals surface area contributed by atoms with E-state index in [1.807, 2.05) is 0 Å². The molecule has 1 aromatic rings. The SMILES string of the molecule is CCC(=N)C(C(=O)OCC1CCCCC1)C(NC=O)c1cc(O)c(O)c(Br)c1. The van der Waals surface area contributed by atoms with Gasteiger partial charge in [-0.25, -0.2) is 0 Å². The lowest BCUT2D eigenvalue weighted by molar-refractivity contribution is -0.148. The van der Waals surface area contributed by atoms with Crippen molar-refractivity contribution in [2.24, 2.45) is 11.8 Å². The lowest BCUT2D eigenvalue weighted by Gasteiger charge is -2.28. The Morgan fingerprint density at radius 3 is 2.61 bits per heavy atom. The summed E-state index contributed by atoms with van der Waals surface area (Å²) in [5, 5.41) is 30.5. The van der Waals surface area contributed by atoms with Crippen molar-refractivity contribution < 1.29 is 24.5 Å². The van der Waals surface area contributed by atoms with Gasteiger partial charge >= 0.3 is 5.97 Å². The number of nitrogens with one attached hydrogen (secondary N) is 2. The van der Waals surface area contributed by atoms with Crippen LogP contribution in [0.5, 0.6) is 11.5 Å². The van der Waals surface area contributed by atoms with Gasteiger partial charge in [-0.15, -0.1) is 0 Å². The molecule has 0 spiro atoms. The van der Waals surface area contributed by atoms with E-state index in [9.17, 15) is 19.8 Å². The molecule has 2 atom stereocenters. The Balaban J connectivity index is 2.27. The summed E-state index contributed by atoms with van der Waals surface area (Å²) in [6, 6.07) is 1.87. The summed E-state index contributed by atoms with van der Waals surface area (Å²) in [5.74, 6) is -1.98. The average Bonchev–Trinajstić information content (AvgIpc) is 2.70. The largest absolute Gasteiger partial charge is 0.504 e. The van der Waals surface area contributed by atoms with Gasteiger partial charge in [0.1, 0.15) is 5.92 Å². The number of ether oxygens (including phenoxy) is 1. The highest BCUT2D eigenvalue weighted by Crippen LogP contribution is 2.38. The normalized spacial score (nSPS) is 16.8. The summed E-state index contributed by atoms with van der Waals surface area (Å²) in [7, 11) is 0. The average molecular weight is 455 g/mol. The van der Waals surface area contributed by atoms with Gasteiger partial charge in [0.15, 0.2) is 11.5 Å². The number of esters is 1. The molecule has 1 aromatic carbocycles. The molecule has 2 unspecified atom stereocenters. The van der Waals surface area contributed by atoms with E-state index < -0.39 is 17.9 Å². The number of carbonyl (C=O) groups excluding carboxylic acids is 2. The van der Waals surface area contributed by atoms with Crippen LogP contribution < -0.4 is 5.32 Å². The van der Waals surface area contributed by atoms with E-state index in [1.165, 1.54) is 18.6 Å². The summed E-state index contributed by atoms with van der Waals surface area (Å²) in [6.45, 7) is 2.07. The first-order chi connectivity index (χ1) is 13.4. The molecule has 1 amide bonds. The van der Waals surface area contributed by atoms with E-state index in [0.717, 1.165) is 25.7 Å². The van der Waals surface area contributed by atoms with Crippen molar-refractivity contribution in [2.75, 3.05) is 6.61 Å². The number of phenols is 2. The molecule has 1 aliphatic carbocycles. The summed E-state index contributed by atoms with van der Waals surface area (Å²) in [4.78, 5) is 24.1. The third-order valence-electron chi connectivity index (χ3n) is 5.20. The zero-order valence-electron chi connectivity index (χ0n) is 15.9. The fourth-order valence-corrected chi connectivity index (χ4v) is 4.05. The molecule has 0 radical (unpaired) electrons. The Bertz CT molecular complexity index is 696. The van der Waals surface area contributed by atoms with E-state index in [0.29, 0.717) is 30.9 Å². The molecule has 1 aliphatic rings. The standard InChI is InChI=1S/C20H27BrN2O5/c1-2-15(22)17(20(27)28-10-12-6-4-3-5-7-12)18(23-11-24)13-8-14(21)19(26)16(25)9-13/h8-9,11-12,17-18,22,25-26H,2-7,10H2,1H3,(H,23,24). The molecule has 1 fully saturated rings. The van der Waals surface area contributed by atoms with Crippen LogP contribution in [0.1, 0.15) is 57.1 Å². The van der Waals surface area contributed by atoms with Crippen LogP contribution in [-0.4, -0.2) is 34.9 Å². The number of amides is 1. The molecule has 154 valence electrons. The van der Waals surface area contributed by atoms with Crippen molar-refractivity contribution in [3.05, 3.63) is 22.2 Å². The molecule has 0 aromatic heterocycles. The van der Waals surface area contributed by atoms with Crippen LogP contribution in [0, 0.1) is 17.2 Å². The van der Waals surface area contributed by atoms with E-state index >= 15 is 0 Å². The van der Waals surface area contributed by atoms with Crippen molar-refractivity contribution in [2.45, 2.75) is 51.5 Å². The number of aromatic hydroxyl groups is 2. The van der Waals surface area contributed by atoms with Gasteiger partial charge in [0.2, 0.25) is 6.41 Å². The monoisotopic (exact) mass is 454 g/mol. The fraction of sp³-hybridized carbons (Fsp3) is 0.550. The highest BCUT2D eigenvalue weighted by atomic mass is 79.9. The summed E-state index contributed by atoms with van der Waals surface area (Å²) in [6.07, 6.45) is 6.28. The minimum Gasteiger partial charge on any atom is -0.504 e. The molecule has 28 heavy (non-hydrogen) atoms. The topological polar surface area (TPSA) is 120 Å². The van der Waals surface area contributed by atoms with Crippen molar-refractivity contribution >= 4 is 34.0 Å². The van der Waals surface area contributed by atoms with Crippen LogP contribution in [0.25, 0.3) is 0 Å². The quantitative estimate of drug-likeness (QED) is 0.195. The van der Waals surface area contributed by atoms with Crippen molar-refractivity contribution in [3.63, 3.8) is 0 Å². The minimum atomic E-state index is -1.02. The Labute approximate surface area is 173 Å². The first kappa shape index (κ1) is 22.2. The van der Waals surface area contributed by atoms with Crippen molar-refractivity contribution in [1.29, 1.82) is 5.41 Å². The van der Waals surface area contributed by atoms with Gasteiger partial charge in [-0.2, -0.15) is 0 Å². The smallest absolute Gasteiger partial charge is 0.317 e. The van der Waals surface area contributed by atoms with E-state index in [2.05, 4.69) is 21.2 Å². The third kappa shape index (κ3) is 5.47. The Kier molecular flexibility index (Phi) is 8.29. The Morgan fingerprint density at radius 1 is 1.36 bits per heavy atom. The number of rotatable bonds is 9. The van der Waals surface area contributed by atoms with Gasteiger partial charge in [0.25, 0.3) is 0 Å². The van der Waals surface area contributed by atoms with Gasteiger partial charge in [-0.1, -0.05) is 26.2 Å². The molecular weight excluding hydrogens is 428 g/mol. The summed E-state index contributed by atoms with van der Waals surface area (Å²) in [5.41, 5.74) is 0.503. The van der Waals surface area contributed by atoms with Crippen molar-refractivity contribution in [1.82, 2.24) is 5.32 Å². The molecule has 0 bridgehead atoms. The van der Waals surface area contributed by atoms with Gasteiger partial charge in [-0.3, -0.25) is 9.59 Å². The number of hydrogen-bond donors (Lipinski definition) is 4. The van der Waals surface area contributed by atoms with Crippen LogP contribution >= 0.6 is 15.9 Å². The van der Waals surface area contributed by atoms with E-state index in [4.69, 9.17) is 10.1 Å². The second-order valence-electron chi connectivity index (χ2n) is 7.12. The van der Waals surface area contributed by atoms with E-state index in [-0.39, 0.29) is 21.7 Å². The van der Waals surface area contributed by atoms with Gasteiger partial charge in [0, 0.05) is 5.71 Å². The first-order valence-corrected chi connectivity index (χ1v) is 10.3. The van der Waals surface area contributed by atoms with Gasteiger partial charge in [-0.05, 0) is 58.8 Å².